The lowest BCUT2D eigenvalue weighted by molar-refractivity contribution is -0.122. The van der Waals surface area contributed by atoms with Crippen LogP contribution in [0.4, 0.5) is 5.69 Å². The van der Waals surface area contributed by atoms with Gasteiger partial charge in [-0.15, -0.1) is 21.5 Å². The maximum Gasteiger partial charge on any atom is 0.290 e. The molecule has 174 valence electrons. The van der Waals surface area contributed by atoms with Gasteiger partial charge in [-0.25, -0.2) is 14.6 Å². The molecule has 0 amide bonds. The molecule has 0 radical (unpaired) electrons. The lowest BCUT2D eigenvalue weighted by Crippen LogP contribution is -2.28. The monoisotopic (exact) mass is 471 g/mol. The Balaban J connectivity index is 0.000000821. The Morgan fingerprint density at radius 1 is 1.30 bits per heavy atom. The molecule has 0 atom stereocenters. The maximum atomic E-state index is 8.36. The van der Waals surface area contributed by atoms with Crippen LogP contribution in [-0.2, 0) is 22.5 Å². The van der Waals surface area contributed by atoms with Crippen molar-refractivity contribution in [3.8, 4) is 11.5 Å². The average Bonchev–Trinajstić information content (AvgIpc) is 3.55. The number of hydrogen-bond acceptors (Lipinski definition) is 10. The summed E-state index contributed by atoms with van der Waals surface area (Å²) in [5.41, 5.74) is 3.50. The molecule has 0 unspecified atom stereocenters. The van der Waals surface area contributed by atoms with E-state index in [2.05, 4.69) is 37.5 Å². The molecule has 5 rings (SSSR count). The number of aromatic nitrogens is 6. The molecule has 0 aromatic carbocycles. The van der Waals surface area contributed by atoms with Crippen LogP contribution in [0.2, 0.25) is 0 Å². The summed E-state index contributed by atoms with van der Waals surface area (Å²) in [6, 6.07) is 0.313. The molecule has 4 aromatic heterocycles. The van der Waals surface area contributed by atoms with Crippen LogP contribution in [0.15, 0.2) is 22.2 Å². The molecule has 12 heteroatoms. The van der Waals surface area contributed by atoms with Crippen LogP contribution in [0.3, 0.4) is 0 Å². The number of nitrogens with one attached hydrogen (secondary N) is 1. The highest BCUT2D eigenvalue weighted by molar-refractivity contribution is 7.09. The first-order valence-corrected chi connectivity index (χ1v) is 11.5. The minimum absolute atomic E-state index is 0.250. The van der Waals surface area contributed by atoms with Crippen molar-refractivity contribution in [2.24, 2.45) is 0 Å². The van der Waals surface area contributed by atoms with E-state index in [0.717, 1.165) is 65.6 Å². The minimum Gasteiger partial charge on any atom is -0.483 e. The van der Waals surface area contributed by atoms with E-state index >= 15 is 0 Å². The Morgan fingerprint density at radius 2 is 2.09 bits per heavy atom. The third-order valence-electron chi connectivity index (χ3n) is 5.23. The summed E-state index contributed by atoms with van der Waals surface area (Å²) in [4.78, 5) is 17.5. The number of nitrogens with zero attached hydrogens (tertiary/aromatic N) is 6. The van der Waals surface area contributed by atoms with Crippen molar-refractivity contribution in [2.75, 3.05) is 18.5 Å². The van der Waals surface area contributed by atoms with E-state index in [1.54, 1.807) is 17.5 Å². The Kier molecular flexibility index (Phi) is 7.25. The van der Waals surface area contributed by atoms with Crippen molar-refractivity contribution in [3.05, 3.63) is 34.4 Å². The molecule has 0 spiro atoms. The lowest BCUT2D eigenvalue weighted by Gasteiger charge is -2.25. The third kappa shape index (κ3) is 5.17. The van der Waals surface area contributed by atoms with Gasteiger partial charge < -0.3 is 19.6 Å². The van der Waals surface area contributed by atoms with Gasteiger partial charge in [-0.1, -0.05) is 0 Å². The first-order chi connectivity index (χ1) is 16.1. The van der Waals surface area contributed by atoms with E-state index < -0.39 is 0 Å². The highest BCUT2D eigenvalue weighted by atomic mass is 32.1. The van der Waals surface area contributed by atoms with Gasteiger partial charge in [-0.2, -0.15) is 5.10 Å². The second-order valence-corrected chi connectivity index (χ2v) is 8.48. The number of thiazole rings is 1. The molecule has 4 aromatic rings. The SMILES string of the molecule is CCn1ncc2c(NC3CCOCC3)c(-c3nnc(Cc4csc(C)n4)o3)cnc21.O=CO. The molecule has 5 heterocycles. The minimum atomic E-state index is -0.250. The number of pyridine rings is 1. The van der Waals surface area contributed by atoms with Gasteiger partial charge in [0.1, 0.15) is 0 Å². The molecule has 2 N–H and O–H groups in total. The number of carboxylic acid groups (broad SMARTS) is 1. The van der Waals surface area contributed by atoms with Crippen LogP contribution < -0.4 is 5.32 Å². The third-order valence-corrected chi connectivity index (χ3v) is 6.05. The van der Waals surface area contributed by atoms with E-state index in [9.17, 15) is 0 Å². The fourth-order valence-corrected chi connectivity index (χ4v) is 4.31. The fourth-order valence-electron chi connectivity index (χ4n) is 3.70. The van der Waals surface area contributed by atoms with Crippen molar-refractivity contribution in [1.29, 1.82) is 0 Å². The summed E-state index contributed by atoms with van der Waals surface area (Å²) in [5, 5.41) is 27.6. The first-order valence-electron chi connectivity index (χ1n) is 10.6. The standard InChI is InChI=1S/C20H23N7O2S.CH2O2/c1-3-27-19-15(10-22-27)18(24-13-4-6-28-7-5-13)16(9-21-19)20-26-25-17(29-20)8-14-11-30-12(2)23-14;2-1-3/h9-11,13H,3-8H2,1-2H3,(H,21,24);1H,(H,2,3). The van der Waals surface area contributed by atoms with Crippen molar-refractivity contribution in [3.63, 3.8) is 0 Å². The average molecular weight is 472 g/mol. The van der Waals surface area contributed by atoms with Gasteiger partial charge >= 0.3 is 0 Å². The van der Waals surface area contributed by atoms with Gasteiger partial charge in [0, 0.05) is 37.4 Å². The highest BCUT2D eigenvalue weighted by Crippen LogP contribution is 2.34. The second kappa shape index (κ2) is 10.5. The summed E-state index contributed by atoms with van der Waals surface area (Å²) < 4.78 is 13.4. The summed E-state index contributed by atoms with van der Waals surface area (Å²) in [6.45, 7) is 6.06. The molecule has 1 aliphatic rings. The van der Waals surface area contributed by atoms with E-state index in [4.69, 9.17) is 19.1 Å². The number of fused-ring (bicyclic) bond motifs is 1. The van der Waals surface area contributed by atoms with Gasteiger partial charge in [0.25, 0.3) is 12.4 Å². The van der Waals surface area contributed by atoms with Crippen LogP contribution in [0, 0.1) is 6.92 Å². The molecular formula is C21H25N7O4S. The van der Waals surface area contributed by atoms with Crippen LogP contribution in [-0.4, -0.2) is 60.8 Å². The van der Waals surface area contributed by atoms with Crippen LogP contribution >= 0.6 is 11.3 Å². The zero-order chi connectivity index (χ0) is 23.2. The van der Waals surface area contributed by atoms with Crippen LogP contribution in [0.5, 0.6) is 0 Å². The Morgan fingerprint density at radius 3 is 2.79 bits per heavy atom. The predicted octanol–water partition coefficient (Wildman–Crippen LogP) is 3.15. The van der Waals surface area contributed by atoms with E-state index in [1.165, 1.54) is 0 Å². The van der Waals surface area contributed by atoms with Crippen molar-refractivity contribution < 1.29 is 19.1 Å². The first kappa shape index (κ1) is 22.8. The van der Waals surface area contributed by atoms with E-state index in [-0.39, 0.29) is 6.47 Å². The molecular weight excluding hydrogens is 446 g/mol. The number of rotatable bonds is 6. The smallest absolute Gasteiger partial charge is 0.290 e. The van der Waals surface area contributed by atoms with Gasteiger partial charge in [0.2, 0.25) is 5.89 Å². The lowest BCUT2D eigenvalue weighted by atomic mass is 10.1. The van der Waals surface area contributed by atoms with Crippen molar-refractivity contribution in [2.45, 2.75) is 45.7 Å². The molecule has 1 saturated heterocycles. The summed E-state index contributed by atoms with van der Waals surface area (Å²) in [6.07, 6.45) is 6.06. The molecule has 1 aliphatic heterocycles. The largest absolute Gasteiger partial charge is 0.483 e. The zero-order valence-corrected chi connectivity index (χ0v) is 19.2. The molecule has 0 saturated carbocycles. The summed E-state index contributed by atoms with van der Waals surface area (Å²) in [5.74, 6) is 0.988. The van der Waals surface area contributed by atoms with Crippen LogP contribution in [0.25, 0.3) is 22.5 Å². The Hall–Kier alpha value is -3.38. The number of carbonyl (C=O) groups is 1. The van der Waals surface area contributed by atoms with E-state index in [0.29, 0.717) is 24.2 Å². The topological polar surface area (TPSA) is 141 Å². The summed E-state index contributed by atoms with van der Waals surface area (Å²) in [7, 11) is 0. The van der Waals surface area contributed by atoms with E-state index in [1.807, 2.05) is 23.2 Å². The number of ether oxygens (including phenoxy) is 1. The molecule has 11 nitrogen and oxygen atoms in total. The number of hydrogen-bond donors (Lipinski definition) is 2. The highest BCUT2D eigenvalue weighted by Gasteiger charge is 2.22. The molecule has 33 heavy (non-hydrogen) atoms. The number of anilines is 1. The fraction of sp³-hybridized carbons (Fsp3) is 0.429. The maximum absolute atomic E-state index is 8.36. The zero-order valence-electron chi connectivity index (χ0n) is 18.4. The van der Waals surface area contributed by atoms with Gasteiger partial charge in [0.05, 0.1) is 40.0 Å². The Bertz CT molecular complexity index is 1210. The quantitative estimate of drug-likeness (QED) is 0.403. The van der Waals surface area contributed by atoms with Crippen molar-refractivity contribution >= 4 is 34.5 Å². The number of aryl methyl sites for hydroxylation is 2. The second-order valence-electron chi connectivity index (χ2n) is 7.42. The molecule has 0 aliphatic carbocycles. The Labute approximate surface area is 193 Å². The van der Waals surface area contributed by atoms with Gasteiger partial charge in [-0.3, -0.25) is 4.79 Å². The van der Waals surface area contributed by atoms with Gasteiger partial charge in [-0.05, 0) is 26.7 Å². The molecule has 0 bridgehead atoms. The van der Waals surface area contributed by atoms with Gasteiger partial charge in [0.15, 0.2) is 5.65 Å². The summed E-state index contributed by atoms with van der Waals surface area (Å²) >= 11 is 1.61. The molecule has 1 fully saturated rings. The van der Waals surface area contributed by atoms with Crippen LogP contribution in [0.1, 0.15) is 36.4 Å². The normalized spacial score (nSPS) is 14.1. The predicted molar refractivity (Wildman–Crippen MR) is 122 cm³/mol. The van der Waals surface area contributed by atoms with Crippen molar-refractivity contribution in [1.82, 2.24) is 29.9 Å².